The van der Waals surface area contributed by atoms with Gasteiger partial charge in [-0.15, -0.1) is 10.2 Å². The molecule has 6 nitrogen and oxygen atoms in total. The van der Waals surface area contributed by atoms with Crippen molar-refractivity contribution in [1.29, 1.82) is 0 Å². The zero-order valence-corrected chi connectivity index (χ0v) is 8.38. The first-order valence-corrected chi connectivity index (χ1v) is 4.73. The first-order valence-electron chi connectivity index (χ1n) is 4.73. The van der Waals surface area contributed by atoms with Gasteiger partial charge in [-0.2, -0.15) is 5.21 Å². The third-order valence-electron chi connectivity index (χ3n) is 2.06. The summed E-state index contributed by atoms with van der Waals surface area (Å²) in [6.45, 7) is 2.67. The van der Waals surface area contributed by atoms with E-state index in [-0.39, 0.29) is 6.04 Å². The van der Waals surface area contributed by atoms with Crippen LogP contribution in [0.3, 0.4) is 0 Å². The third-order valence-corrected chi connectivity index (χ3v) is 2.06. The number of aromatic nitrogens is 5. The Labute approximate surface area is 87.1 Å². The quantitative estimate of drug-likeness (QED) is 0.755. The standard InChI is InChI=1S/C9H12N6/c1-7(9-12-14-15-13-9)11-6-8-4-2-3-5-10-8/h2-5,7,11H,6H2,1H3,(H,12,13,14,15). The lowest BCUT2D eigenvalue weighted by Crippen LogP contribution is -2.19. The summed E-state index contributed by atoms with van der Waals surface area (Å²) in [4.78, 5) is 4.21. The van der Waals surface area contributed by atoms with Crippen LogP contribution in [0.4, 0.5) is 0 Å². The summed E-state index contributed by atoms with van der Waals surface area (Å²) < 4.78 is 0. The highest BCUT2D eigenvalue weighted by Crippen LogP contribution is 2.04. The van der Waals surface area contributed by atoms with Crippen molar-refractivity contribution < 1.29 is 0 Å². The predicted octanol–water partition coefficient (Wildman–Crippen LogP) is 0.445. The van der Waals surface area contributed by atoms with Gasteiger partial charge in [-0.3, -0.25) is 4.98 Å². The van der Waals surface area contributed by atoms with E-state index < -0.39 is 0 Å². The van der Waals surface area contributed by atoms with Crippen LogP contribution in [-0.2, 0) is 6.54 Å². The predicted molar refractivity (Wildman–Crippen MR) is 53.7 cm³/mol. The van der Waals surface area contributed by atoms with E-state index in [2.05, 4.69) is 30.9 Å². The molecule has 0 aliphatic heterocycles. The van der Waals surface area contributed by atoms with Crippen LogP contribution in [-0.4, -0.2) is 25.6 Å². The molecule has 0 aliphatic carbocycles. The van der Waals surface area contributed by atoms with Gasteiger partial charge in [0.2, 0.25) is 0 Å². The van der Waals surface area contributed by atoms with Crippen LogP contribution in [0, 0.1) is 0 Å². The maximum absolute atomic E-state index is 4.21. The molecule has 0 bridgehead atoms. The van der Waals surface area contributed by atoms with Crippen molar-refractivity contribution in [2.75, 3.05) is 0 Å². The largest absolute Gasteiger partial charge is 0.302 e. The highest BCUT2D eigenvalue weighted by atomic mass is 15.5. The average Bonchev–Trinajstić information content (AvgIpc) is 2.81. The first kappa shape index (κ1) is 9.72. The lowest BCUT2D eigenvalue weighted by atomic mass is 10.3. The van der Waals surface area contributed by atoms with Gasteiger partial charge in [0.1, 0.15) is 0 Å². The van der Waals surface area contributed by atoms with Gasteiger partial charge >= 0.3 is 0 Å². The summed E-state index contributed by atoms with van der Waals surface area (Å²) in [5.41, 5.74) is 0.993. The molecule has 1 atom stereocenters. The SMILES string of the molecule is CC(NCc1ccccn1)c1nn[nH]n1. The van der Waals surface area contributed by atoms with E-state index in [0.29, 0.717) is 12.4 Å². The number of aromatic amines is 1. The van der Waals surface area contributed by atoms with Gasteiger partial charge in [-0.25, -0.2) is 0 Å². The second kappa shape index (κ2) is 4.61. The number of rotatable bonds is 4. The fourth-order valence-electron chi connectivity index (χ4n) is 1.20. The zero-order valence-electron chi connectivity index (χ0n) is 8.38. The van der Waals surface area contributed by atoms with Crippen LogP contribution >= 0.6 is 0 Å². The highest BCUT2D eigenvalue weighted by Gasteiger charge is 2.08. The molecule has 2 N–H and O–H groups in total. The van der Waals surface area contributed by atoms with E-state index in [1.165, 1.54) is 0 Å². The molecular formula is C9H12N6. The summed E-state index contributed by atoms with van der Waals surface area (Å²) in [5, 5.41) is 17.0. The Hall–Kier alpha value is -1.82. The minimum Gasteiger partial charge on any atom is -0.302 e. The monoisotopic (exact) mass is 204 g/mol. The van der Waals surface area contributed by atoms with Gasteiger partial charge in [-0.1, -0.05) is 11.3 Å². The van der Waals surface area contributed by atoms with Crippen molar-refractivity contribution in [1.82, 2.24) is 30.9 Å². The molecule has 0 saturated carbocycles. The van der Waals surface area contributed by atoms with Crippen molar-refractivity contribution >= 4 is 0 Å². The number of hydrogen-bond acceptors (Lipinski definition) is 5. The Morgan fingerprint density at radius 1 is 1.47 bits per heavy atom. The molecule has 0 radical (unpaired) electrons. The second-order valence-electron chi connectivity index (χ2n) is 3.19. The number of nitrogens with one attached hydrogen (secondary N) is 2. The lowest BCUT2D eigenvalue weighted by Gasteiger charge is -2.08. The van der Waals surface area contributed by atoms with Crippen LogP contribution in [0.25, 0.3) is 0 Å². The smallest absolute Gasteiger partial charge is 0.191 e. The molecule has 15 heavy (non-hydrogen) atoms. The summed E-state index contributed by atoms with van der Waals surface area (Å²) in [5.74, 6) is 0.658. The topological polar surface area (TPSA) is 79.4 Å². The number of hydrogen-bond donors (Lipinski definition) is 2. The molecule has 0 aromatic carbocycles. The van der Waals surface area contributed by atoms with Crippen LogP contribution in [0.1, 0.15) is 24.5 Å². The van der Waals surface area contributed by atoms with Crippen LogP contribution in [0.5, 0.6) is 0 Å². The molecule has 2 heterocycles. The summed E-state index contributed by atoms with van der Waals surface area (Å²) in [6.07, 6.45) is 1.77. The van der Waals surface area contributed by atoms with E-state index in [1.807, 2.05) is 25.1 Å². The number of H-pyrrole nitrogens is 1. The van der Waals surface area contributed by atoms with Gasteiger partial charge < -0.3 is 5.32 Å². The minimum atomic E-state index is 0.0609. The Morgan fingerprint density at radius 2 is 2.40 bits per heavy atom. The first-order chi connectivity index (χ1) is 7.36. The van der Waals surface area contributed by atoms with Crippen LogP contribution in [0.15, 0.2) is 24.4 Å². The van der Waals surface area contributed by atoms with E-state index in [0.717, 1.165) is 5.69 Å². The molecule has 0 amide bonds. The molecule has 2 aromatic rings. The second-order valence-corrected chi connectivity index (χ2v) is 3.19. The number of nitrogens with zero attached hydrogens (tertiary/aromatic N) is 4. The third kappa shape index (κ3) is 2.57. The average molecular weight is 204 g/mol. The molecule has 0 fully saturated rings. The molecule has 0 spiro atoms. The Bertz CT molecular complexity index is 384. The summed E-state index contributed by atoms with van der Waals surface area (Å²) in [7, 11) is 0. The molecule has 78 valence electrons. The normalized spacial score (nSPS) is 12.6. The van der Waals surface area contributed by atoms with Gasteiger partial charge in [0.15, 0.2) is 5.82 Å². The Balaban J connectivity index is 1.89. The fourth-order valence-corrected chi connectivity index (χ4v) is 1.20. The minimum absolute atomic E-state index is 0.0609. The highest BCUT2D eigenvalue weighted by molar-refractivity contribution is 5.03. The van der Waals surface area contributed by atoms with Crippen molar-refractivity contribution in [3.05, 3.63) is 35.9 Å². The maximum Gasteiger partial charge on any atom is 0.191 e. The molecule has 0 aliphatic rings. The summed E-state index contributed by atoms with van der Waals surface area (Å²) >= 11 is 0. The van der Waals surface area contributed by atoms with Crippen molar-refractivity contribution in [2.45, 2.75) is 19.5 Å². The number of tetrazole rings is 1. The van der Waals surface area contributed by atoms with Gasteiger partial charge in [0, 0.05) is 12.7 Å². The van der Waals surface area contributed by atoms with Crippen molar-refractivity contribution in [3.8, 4) is 0 Å². The zero-order chi connectivity index (χ0) is 10.5. The molecular weight excluding hydrogens is 192 g/mol. The van der Waals surface area contributed by atoms with Gasteiger partial charge in [0.05, 0.1) is 11.7 Å². The van der Waals surface area contributed by atoms with Crippen LogP contribution in [0.2, 0.25) is 0 Å². The Kier molecular flexibility index (Phi) is 2.99. The maximum atomic E-state index is 4.21. The van der Waals surface area contributed by atoms with E-state index in [9.17, 15) is 0 Å². The van der Waals surface area contributed by atoms with Crippen molar-refractivity contribution in [3.63, 3.8) is 0 Å². The molecule has 6 heteroatoms. The van der Waals surface area contributed by atoms with E-state index in [4.69, 9.17) is 0 Å². The van der Waals surface area contributed by atoms with E-state index in [1.54, 1.807) is 6.20 Å². The van der Waals surface area contributed by atoms with Gasteiger partial charge in [0.25, 0.3) is 0 Å². The molecule has 2 aromatic heterocycles. The van der Waals surface area contributed by atoms with E-state index >= 15 is 0 Å². The number of pyridine rings is 1. The van der Waals surface area contributed by atoms with Gasteiger partial charge in [-0.05, 0) is 19.1 Å². The molecule has 1 unspecified atom stereocenters. The Morgan fingerprint density at radius 3 is 3.07 bits per heavy atom. The van der Waals surface area contributed by atoms with Crippen molar-refractivity contribution in [2.24, 2.45) is 0 Å². The molecule has 2 rings (SSSR count). The van der Waals surface area contributed by atoms with Crippen LogP contribution < -0.4 is 5.32 Å². The lowest BCUT2D eigenvalue weighted by molar-refractivity contribution is 0.541. The summed E-state index contributed by atoms with van der Waals surface area (Å²) in [6, 6.07) is 5.89. The molecule has 0 saturated heterocycles. The fraction of sp³-hybridized carbons (Fsp3) is 0.333.